The third kappa shape index (κ3) is 5.45. The van der Waals surface area contributed by atoms with Crippen LogP contribution in [0.15, 0.2) is 41.6 Å². The Kier molecular flexibility index (Phi) is 7.34. The Morgan fingerprint density at radius 3 is 2.54 bits per heavy atom. The summed E-state index contributed by atoms with van der Waals surface area (Å²) in [5.74, 6) is -1.21. The van der Waals surface area contributed by atoms with E-state index < -0.39 is 24.0 Å². The highest BCUT2D eigenvalue weighted by Gasteiger charge is 2.31. The van der Waals surface area contributed by atoms with Crippen LogP contribution in [0.4, 0.5) is 4.79 Å². The van der Waals surface area contributed by atoms with Crippen LogP contribution in [0.25, 0.3) is 6.08 Å². The van der Waals surface area contributed by atoms with Gasteiger partial charge in [0.25, 0.3) is 0 Å². The fourth-order valence-electron chi connectivity index (χ4n) is 2.60. The van der Waals surface area contributed by atoms with E-state index in [9.17, 15) is 14.4 Å². The molecule has 146 valence electrons. The highest BCUT2D eigenvalue weighted by Crippen LogP contribution is 2.17. The van der Waals surface area contributed by atoms with Crippen LogP contribution in [-0.4, -0.2) is 37.2 Å². The van der Waals surface area contributed by atoms with Crippen LogP contribution < -0.4 is 10.6 Å². The fourth-order valence-corrected chi connectivity index (χ4v) is 2.60. The largest absolute Gasteiger partial charge is 0.463 e. The number of nitrogens with zero attached hydrogens (tertiary/aromatic N) is 1. The van der Waals surface area contributed by atoms with Gasteiger partial charge in [-0.15, -0.1) is 0 Å². The van der Waals surface area contributed by atoms with Crippen LogP contribution in [0.5, 0.6) is 0 Å². The SMILES string of the molecule is CCOC(=O)C1=C(COC(=O)/C=C/c2ccc(C#N)cc2)NC(=O)N[C@H]1CC. The molecule has 0 bridgehead atoms. The van der Waals surface area contributed by atoms with Crippen molar-refractivity contribution in [2.45, 2.75) is 26.3 Å². The number of nitrogens with one attached hydrogen (secondary N) is 2. The second-order valence-electron chi connectivity index (χ2n) is 5.85. The molecule has 1 atom stereocenters. The number of ether oxygens (including phenoxy) is 2. The predicted molar refractivity (Wildman–Crippen MR) is 101 cm³/mol. The highest BCUT2D eigenvalue weighted by atomic mass is 16.5. The van der Waals surface area contributed by atoms with Crippen molar-refractivity contribution in [1.82, 2.24) is 10.6 Å². The van der Waals surface area contributed by atoms with Gasteiger partial charge in [0, 0.05) is 6.08 Å². The maximum Gasteiger partial charge on any atom is 0.338 e. The zero-order valence-electron chi connectivity index (χ0n) is 15.7. The molecule has 1 heterocycles. The number of esters is 2. The molecule has 2 amide bonds. The molecule has 1 aromatic rings. The molecule has 2 N–H and O–H groups in total. The Bertz CT molecular complexity index is 850. The van der Waals surface area contributed by atoms with Gasteiger partial charge in [0.2, 0.25) is 0 Å². The first-order valence-electron chi connectivity index (χ1n) is 8.81. The Labute approximate surface area is 162 Å². The number of hydrogen-bond donors (Lipinski definition) is 2. The summed E-state index contributed by atoms with van der Waals surface area (Å²) in [5.41, 5.74) is 1.69. The van der Waals surface area contributed by atoms with Crippen LogP contribution in [-0.2, 0) is 19.1 Å². The van der Waals surface area contributed by atoms with Crippen molar-refractivity contribution in [3.63, 3.8) is 0 Å². The van der Waals surface area contributed by atoms with Gasteiger partial charge in [-0.2, -0.15) is 5.26 Å². The first-order chi connectivity index (χ1) is 13.5. The Balaban J connectivity index is 2.08. The molecule has 1 aliphatic heterocycles. The summed E-state index contributed by atoms with van der Waals surface area (Å²) in [6.45, 7) is 3.42. The summed E-state index contributed by atoms with van der Waals surface area (Å²) in [6, 6.07) is 7.69. The number of hydrogen-bond acceptors (Lipinski definition) is 6. The average molecular weight is 383 g/mol. The first kappa shape index (κ1) is 20.7. The number of urea groups is 1. The van der Waals surface area contributed by atoms with Crippen LogP contribution in [0.3, 0.4) is 0 Å². The number of benzene rings is 1. The van der Waals surface area contributed by atoms with Crippen molar-refractivity contribution in [1.29, 1.82) is 5.26 Å². The molecule has 0 aliphatic carbocycles. The van der Waals surface area contributed by atoms with Crippen LogP contribution >= 0.6 is 0 Å². The molecule has 28 heavy (non-hydrogen) atoms. The number of amides is 2. The van der Waals surface area contributed by atoms with E-state index in [-0.39, 0.29) is 24.5 Å². The molecule has 0 saturated heterocycles. The molecular weight excluding hydrogens is 362 g/mol. The van der Waals surface area contributed by atoms with Gasteiger partial charge in [-0.3, -0.25) is 0 Å². The maximum absolute atomic E-state index is 12.2. The topological polar surface area (TPSA) is 118 Å². The van der Waals surface area contributed by atoms with Gasteiger partial charge in [0.15, 0.2) is 0 Å². The van der Waals surface area contributed by atoms with E-state index >= 15 is 0 Å². The molecule has 0 unspecified atom stereocenters. The summed E-state index contributed by atoms with van der Waals surface area (Å²) < 4.78 is 10.2. The van der Waals surface area contributed by atoms with E-state index in [0.717, 1.165) is 5.56 Å². The predicted octanol–water partition coefficient (Wildman–Crippen LogP) is 2.02. The van der Waals surface area contributed by atoms with Gasteiger partial charge in [-0.1, -0.05) is 19.1 Å². The second-order valence-corrected chi connectivity index (χ2v) is 5.85. The Hall–Kier alpha value is -3.60. The van der Waals surface area contributed by atoms with Crippen LogP contribution in [0.1, 0.15) is 31.4 Å². The zero-order chi connectivity index (χ0) is 20.5. The number of nitriles is 1. The van der Waals surface area contributed by atoms with Gasteiger partial charge < -0.3 is 20.1 Å². The Morgan fingerprint density at radius 2 is 1.93 bits per heavy atom. The highest BCUT2D eigenvalue weighted by molar-refractivity contribution is 5.95. The van der Waals surface area contributed by atoms with Crippen molar-refractivity contribution in [2.24, 2.45) is 0 Å². The average Bonchev–Trinajstić information content (AvgIpc) is 2.70. The van der Waals surface area contributed by atoms with Crippen LogP contribution in [0.2, 0.25) is 0 Å². The summed E-state index contributed by atoms with van der Waals surface area (Å²) >= 11 is 0. The van der Waals surface area contributed by atoms with Gasteiger partial charge >= 0.3 is 18.0 Å². The van der Waals surface area contributed by atoms with E-state index in [1.807, 2.05) is 13.0 Å². The minimum absolute atomic E-state index is 0.188. The van der Waals surface area contributed by atoms with E-state index in [2.05, 4.69) is 10.6 Å². The van der Waals surface area contributed by atoms with Gasteiger partial charge in [0.1, 0.15) is 6.61 Å². The van der Waals surface area contributed by atoms with Gasteiger partial charge in [-0.25, -0.2) is 14.4 Å². The van der Waals surface area contributed by atoms with Crippen LogP contribution in [0, 0.1) is 11.3 Å². The zero-order valence-corrected chi connectivity index (χ0v) is 15.7. The summed E-state index contributed by atoms with van der Waals surface area (Å²) in [7, 11) is 0. The number of rotatable bonds is 7. The summed E-state index contributed by atoms with van der Waals surface area (Å²) in [4.78, 5) is 36.0. The number of carbonyl (C=O) groups is 3. The van der Waals surface area contributed by atoms with Gasteiger partial charge in [0.05, 0.1) is 35.6 Å². The van der Waals surface area contributed by atoms with Crippen molar-refractivity contribution in [2.75, 3.05) is 13.2 Å². The molecule has 1 aromatic carbocycles. The smallest absolute Gasteiger partial charge is 0.338 e. The normalized spacial score (nSPS) is 16.2. The molecule has 0 fully saturated rings. The molecule has 0 spiro atoms. The second kappa shape index (κ2) is 9.92. The molecule has 8 nitrogen and oxygen atoms in total. The van der Waals surface area contributed by atoms with E-state index in [4.69, 9.17) is 14.7 Å². The van der Waals surface area contributed by atoms with Crippen molar-refractivity contribution in [3.8, 4) is 6.07 Å². The van der Waals surface area contributed by atoms with E-state index in [1.165, 1.54) is 6.08 Å². The fraction of sp³-hybridized carbons (Fsp3) is 0.300. The van der Waals surface area contributed by atoms with E-state index in [1.54, 1.807) is 37.3 Å². The molecule has 1 aliphatic rings. The molecule has 8 heteroatoms. The lowest BCUT2D eigenvalue weighted by Gasteiger charge is -2.28. The first-order valence-corrected chi connectivity index (χ1v) is 8.81. The lowest BCUT2D eigenvalue weighted by Crippen LogP contribution is -2.51. The third-order valence-electron chi connectivity index (χ3n) is 3.96. The van der Waals surface area contributed by atoms with Crippen molar-refractivity contribution >= 4 is 24.0 Å². The van der Waals surface area contributed by atoms with Crippen molar-refractivity contribution < 1.29 is 23.9 Å². The lowest BCUT2D eigenvalue weighted by atomic mass is 10.0. The quantitative estimate of drug-likeness (QED) is 0.549. The maximum atomic E-state index is 12.2. The standard InChI is InChI=1S/C20H21N3O5/c1-3-15-18(19(25)27-4-2)16(23-20(26)22-15)12-28-17(24)10-9-13-5-7-14(11-21)8-6-13/h5-10,15H,3-4,12H2,1-2H3,(H2,22,23,26)/b10-9+/t15-/m0/s1. The molecule has 2 rings (SSSR count). The van der Waals surface area contributed by atoms with E-state index in [0.29, 0.717) is 12.0 Å². The molecule has 0 aromatic heterocycles. The summed E-state index contributed by atoms with van der Waals surface area (Å²) in [6.07, 6.45) is 3.25. The monoisotopic (exact) mass is 383 g/mol. The molecule has 0 radical (unpaired) electrons. The minimum atomic E-state index is -0.638. The van der Waals surface area contributed by atoms with Gasteiger partial charge in [-0.05, 0) is 37.1 Å². The molecular formula is C20H21N3O5. The van der Waals surface area contributed by atoms with Crippen molar-refractivity contribution in [3.05, 3.63) is 52.7 Å². The lowest BCUT2D eigenvalue weighted by molar-refractivity contribution is -0.140. The molecule has 0 saturated carbocycles. The number of carbonyl (C=O) groups excluding carboxylic acids is 3. The Morgan fingerprint density at radius 1 is 1.21 bits per heavy atom. The minimum Gasteiger partial charge on any atom is -0.463 e. The third-order valence-corrected chi connectivity index (χ3v) is 3.96. The summed E-state index contributed by atoms with van der Waals surface area (Å²) in [5, 5.41) is 13.9.